The van der Waals surface area contributed by atoms with Gasteiger partial charge in [0.15, 0.2) is 5.92 Å². The van der Waals surface area contributed by atoms with Gasteiger partial charge in [-0.05, 0) is 6.42 Å². The molecule has 0 amide bonds. The molecule has 21 heavy (non-hydrogen) atoms. The average molecular weight is 310 g/mol. The van der Waals surface area contributed by atoms with Gasteiger partial charge in [0.25, 0.3) is 0 Å². The summed E-state index contributed by atoms with van der Waals surface area (Å²) in [7, 11) is 0. The summed E-state index contributed by atoms with van der Waals surface area (Å²) in [5, 5.41) is 17.4. The number of hydrogen-bond acceptors (Lipinski definition) is 2. The second-order valence-electron chi connectivity index (χ2n) is 5.55. The van der Waals surface area contributed by atoms with Gasteiger partial charge in [0.2, 0.25) is 0 Å². The van der Waals surface area contributed by atoms with Crippen molar-refractivity contribution in [2.75, 3.05) is 0 Å². The van der Waals surface area contributed by atoms with Gasteiger partial charge >= 0.3 is 41.5 Å². The molecule has 0 saturated heterocycles. The van der Waals surface area contributed by atoms with Crippen molar-refractivity contribution < 1.29 is 19.8 Å². The van der Waals surface area contributed by atoms with Crippen molar-refractivity contribution in [2.45, 2.75) is 84.0 Å². The molecule has 0 atom stereocenters. The van der Waals surface area contributed by atoms with Gasteiger partial charge in [0.05, 0.1) is 0 Å². The van der Waals surface area contributed by atoms with E-state index in [4.69, 9.17) is 10.2 Å². The number of carbonyl (C=O) groups is 2. The van der Waals surface area contributed by atoms with Gasteiger partial charge in [-0.2, -0.15) is 0 Å². The quantitative estimate of drug-likeness (QED) is 0.290. The number of carboxylic acid groups (broad SMARTS) is 2. The van der Waals surface area contributed by atoms with Crippen LogP contribution in [0.3, 0.4) is 0 Å². The molecule has 0 aromatic rings. The van der Waals surface area contributed by atoms with Gasteiger partial charge in [-0.15, -0.1) is 0 Å². The third-order valence-corrected chi connectivity index (χ3v) is 3.69. The fourth-order valence-corrected chi connectivity index (χ4v) is 2.37. The Morgan fingerprint density at radius 1 is 0.714 bits per heavy atom. The molecule has 0 heterocycles. The van der Waals surface area contributed by atoms with E-state index in [0.717, 1.165) is 12.8 Å². The van der Waals surface area contributed by atoms with Crippen LogP contribution < -0.4 is 0 Å². The Morgan fingerprint density at radius 2 is 1.05 bits per heavy atom. The molecule has 5 heteroatoms. The predicted molar refractivity (Wildman–Crippen MR) is 87.0 cm³/mol. The molecule has 0 bridgehead atoms. The summed E-state index contributed by atoms with van der Waals surface area (Å²) in [5.41, 5.74) is 0. The topological polar surface area (TPSA) is 74.6 Å². The molecule has 0 aromatic carbocycles. The minimum atomic E-state index is -1.23. The molecule has 0 spiro atoms. The van der Waals surface area contributed by atoms with Crippen LogP contribution in [0.25, 0.3) is 0 Å². The third-order valence-electron chi connectivity index (χ3n) is 3.69. The van der Waals surface area contributed by atoms with Crippen molar-refractivity contribution in [2.24, 2.45) is 5.92 Å². The van der Waals surface area contributed by atoms with Crippen LogP contribution >= 0.6 is 0 Å². The maximum atomic E-state index is 10.7. The number of rotatable bonds is 14. The molecule has 0 radical (unpaired) electrons. The van der Waals surface area contributed by atoms with Gasteiger partial charge in [-0.1, -0.05) is 77.6 Å². The first-order chi connectivity index (χ1) is 9.59. The van der Waals surface area contributed by atoms with Crippen molar-refractivity contribution in [3.8, 4) is 0 Å². The zero-order valence-corrected chi connectivity index (χ0v) is 12.8. The van der Waals surface area contributed by atoms with Crippen LogP contribution in [0.4, 0.5) is 0 Å². The van der Waals surface area contributed by atoms with Crippen LogP contribution in [0.2, 0.25) is 0 Å². The average Bonchev–Trinajstić information content (AvgIpc) is 2.39. The van der Waals surface area contributed by atoms with Crippen LogP contribution in [0, 0.1) is 5.92 Å². The first kappa shape index (κ1) is 23.2. The van der Waals surface area contributed by atoms with Crippen molar-refractivity contribution in [1.29, 1.82) is 0 Å². The Labute approximate surface area is 151 Å². The van der Waals surface area contributed by atoms with Crippen molar-refractivity contribution in [3.63, 3.8) is 0 Å². The fourth-order valence-electron chi connectivity index (χ4n) is 2.37. The number of aliphatic carboxylic acids is 2. The predicted octanol–water partition coefficient (Wildman–Crippen LogP) is 3.82. The monoisotopic (exact) mass is 310 g/mol. The second kappa shape index (κ2) is 16.3. The summed E-state index contributed by atoms with van der Waals surface area (Å²) in [4.78, 5) is 21.3. The van der Waals surface area contributed by atoms with Gasteiger partial charge in [0.1, 0.15) is 0 Å². The van der Waals surface area contributed by atoms with E-state index < -0.39 is 17.9 Å². The number of carboxylic acids is 2. The molecule has 0 aliphatic rings. The molecular formula is C16H31NaO4. The van der Waals surface area contributed by atoms with E-state index in [0.29, 0.717) is 6.42 Å². The fraction of sp³-hybridized carbons (Fsp3) is 0.875. The molecule has 0 saturated carbocycles. The Balaban J connectivity index is 0. The van der Waals surface area contributed by atoms with E-state index in [1.54, 1.807) is 0 Å². The summed E-state index contributed by atoms with van der Waals surface area (Å²) in [6.07, 6.45) is 13.3. The van der Waals surface area contributed by atoms with Crippen LogP contribution in [0.5, 0.6) is 0 Å². The van der Waals surface area contributed by atoms with Crippen molar-refractivity contribution >= 4 is 41.5 Å². The van der Waals surface area contributed by atoms with Crippen LogP contribution in [0.1, 0.15) is 84.0 Å². The Bertz CT molecular complexity index is 255. The summed E-state index contributed by atoms with van der Waals surface area (Å²) >= 11 is 0. The number of hydrogen-bond donors (Lipinski definition) is 2. The number of unbranched alkanes of at least 4 members (excludes halogenated alkanes) is 10. The molecule has 0 aromatic heterocycles. The maximum absolute atomic E-state index is 10.7. The van der Waals surface area contributed by atoms with E-state index in [9.17, 15) is 9.59 Å². The van der Waals surface area contributed by atoms with E-state index in [1.165, 1.54) is 51.4 Å². The Kier molecular flexibility index (Phi) is 18.0. The standard InChI is InChI=1S/C16H30O4.Na.H/c1-2-3-4-5-6-7-8-9-10-11-12-13-14(15(17)18)16(19)20;;/h14H,2-13H2,1H3,(H,17,18)(H,19,20);;. The molecule has 120 valence electrons. The first-order valence-electron chi connectivity index (χ1n) is 8.05. The molecule has 2 N–H and O–H groups in total. The third kappa shape index (κ3) is 14.6. The summed E-state index contributed by atoms with van der Waals surface area (Å²) in [6, 6.07) is 0. The van der Waals surface area contributed by atoms with Crippen LogP contribution in [0.15, 0.2) is 0 Å². The van der Waals surface area contributed by atoms with Gasteiger partial charge < -0.3 is 10.2 Å². The molecule has 0 fully saturated rings. The molecule has 0 rings (SSSR count). The first-order valence-corrected chi connectivity index (χ1v) is 8.05. The molecule has 0 aliphatic carbocycles. The summed E-state index contributed by atoms with van der Waals surface area (Å²) in [6.45, 7) is 2.22. The zero-order chi connectivity index (χ0) is 15.2. The minimum absolute atomic E-state index is 0. The molecule has 4 nitrogen and oxygen atoms in total. The zero-order valence-electron chi connectivity index (χ0n) is 12.8. The van der Waals surface area contributed by atoms with E-state index >= 15 is 0 Å². The van der Waals surface area contributed by atoms with E-state index in [2.05, 4.69) is 6.92 Å². The molecule has 0 unspecified atom stereocenters. The van der Waals surface area contributed by atoms with Crippen LogP contribution in [-0.4, -0.2) is 51.7 Å². The van der Waals surface area contributed by atoms with E-state index in [1.807, 2.05) is 0 Å². The summed E-state index contributed by atoms with van der Waals surface area (Å²) in [5.74, 6) is -3.66. The second-order valence-corrected chi connectivity index (χ2v) is 5.55. The molecule has 0 aliphatic heterocycles. The van der Waals surface area contributed by atoms with Crippen LogP contribution in [-0.2, 0) is 9.59 Å². The Morgan fingerprint density at radius 3 is 1.38 bits per heavy atom. The van der Waals surface area contributed by atoms with Gasteiger partial charge in [-0.3, -0.25) is 9.59 Å². The van der Waals surface area contributed by atoms with Crippen molar-refractivity contribution in [3.05, 3.63) is 0 Å². The normalized spacial score (nSPS) is 10.4. The van der Waals surface area contributed by atoms with Gasteiger partial charge in [-0.25, -0.2) is 0 Å². The van der Waals surface area contributed by atoms with E-state index in [-0.39, 0.29) is 36.0 Å². The molecular weight excluding hydrogens is 279 g/mol. The van der Waals surface area contributed by atoms with Gasteiger partial charge in [0, 0.05) is 0 Å². The summed E-state index contributed by atoms with van der Waals surface area (Å²) < 4.78 is 0. The van der Waals surface area contributed by atoms with Crippen molar-refractivity contribution in [1.82, 2.24) is 0 Å². The SMILES string of the molecule is CCCCCCCCCCCCCC(C(=O)O)C(=O)O.[NaH]. The Hall–Kier alpha value is -0.0600.